The van der Waals surface area contributed by atoms with Crippen LogP contribution in [-0.2, 0) is 4.79 Å². The molecule has 0 amide bonds. The zero-order valence-electron chi connectivity index (χ0n) is 7.14. The summed E-state index contributed by atoms with van der Waals surface area (Å²) in [5.41, 5.74) is 0.704. The van der Waals surface area contributed by atoms with Gasteiger partial charge in [0, 0.05) is 6.08 Å². The summed E-state index contributed by atoms with van der Waals surface area (Å²) in [5, 5.41) is 26.1. The third-order valence-electron chi connectivity index (χ3n) is 1.56. The van der Waals surface area contributed by atoms with E-state index in [0.717, 1.165) is 6.08 Å². The minimum atomic E-state index is -1.10. The van der Waals surface area contributed by atoms with E-state index in [2.05, 4.69) is 0 Å². The van der Waals surface area contributed by atoms with Gasteiger partial charge in [-0.25, -0.2) is 4.79 Å². The highest BCUT2D eigenvalue weighted by atomic mass is 16.4. The molecule has 0 atom stereocenters. The summed E-state index contributed by atoms with van der Waals surface area (Å²) in [5.74, 6) is -1.11. The number of nitrogens with zero attached hydrogens (tertiary/aromatic N) is 1. The summed E-state index contributed by atoms with van der Waals surface area (Å²) < 4.78 is 0. The molecule has 0 saturated carbocycles. The molecule has 1 aromatic rings. The molecule has 0 radical (unpaired) electrons. The van der Waals surface area contributed by atoms with Crippen molar-refractivity contribution >= 4 is 12.0 Å². The number of hydrogen-bond acceptors (Lipinski definition) is 3. The lowest BCUT2D eigenvalue weighted by Gasteiger charge is -1.97. The molecule has 4 heteroatoms. The number of aliphatic carboxylic acids is 1. The Bertz CT molecular complexity index is 429. The number of carboxylic acid groups (broad SMARTS) is 1. The number of benzene rings is 1. The van der Waals surface area contributed by atoms with Gasteiger partial charge in [0.1, 0.15) is 5.75 Å². The van der Waals surface area contributed by atoms with Crippen LogP contribution in [0.5, 0.6) is 5.75 Å². The lowest BCUT2D eigenvalue weighted by Crippen LogP contribution is -1.87. The second kappa shape index (κ2) is 4.10. The Morgan fingerprint density at radius 1 is 1.50 bits per heavy atom. The first-order chi connectivity index (χ1) is 6.63. The van der Waals surface area contributed by atoms with Gasteiger partial charge in [-0.1, -0.05) is 0 Å². The maximum absolute atomic E-state index is 10.2. The van der Waals surface area contributed by atoms with Crippen LogP contribution >= 0.6 is 0 Å². The van der Waals surface area contributed by atoms with Crippen molar-refractivity contribution in [3.8, 4) is 11.8 Å². The Hall–Kier alpha value is -2.28. The third kappa shape index (κ3) is 2.35. The van der Waals surface area contributed by atoms with Crippen LogP contribution < -0.4 is 0 Å². The van der Waals surface area contributed by atoms with Crippen molar-refractivity contribution in [2.45, 2.75) is 0 Å². The molecule has 14 heavy (non-hydrogen) atoms. The molecule has 2 N–H and O–H groups in total. The molecule has 0 fully saturated rings. The van der Waals surface area contributed by atoms with Crippen LogP contribution in [0.4, 0.5) is 0 Å². The van der Waals surface area contributed by atoms with Crippen LogP contribution in [-0.4, -0.2) is 16.2 Å². The van der Waals surface area contributed by atoms with Crippen molar-refractivity contribution in [1.29, 1.82) is 5.26 Å². The van der Waals surface area contributed by atoms with Crippen molar-refractivity contribution in [3.63, 3.8) is 0 Å². The lowest BCUT2D eigenvalue weighted by atomic mass is 10.1. The number of hydrogen-bond donors (Lipinski definition) is 2. The number of rotatable bonds is 2. The van der Waals surface area contributed by atoms with Crippen LogP contribution in [0.15, 0.2) is 24.3 Å². The summed E-state index contributed by atoms with van der Waals surface area (Å²) in [6.07, 6.45) is 2.18. The zero-order chi connectivity index (χ0) is 10.6. The molecule has 0 spiro atoms. The number of nitriles is 1. The molecule has 0 unspecified atom stereocenters. The number of carboxylic acids is 1. The quantitative estimate of drug-likeness (QED) is 0.688. The Balaban J connectivity index is 3.13. The molecule has 1 rings (SSSR count). The molecule has 0 aliphatic heterocycles. The van der Waals surface area contributed by atoms with Crippen molar-refractivity contribution < 1.29 is 15.0 Å². The van der Waals surface area contributed by atoms with Gasteiger partial charge in [-0.05, 0) is 29.8 Å². The number of carbonyl (C=O) groups is 1. The van der Waals surface area contributed by atoms with Crippen molar-refractivity contribution in [2.75, 3.05) is 0 Å². The minimum absolute atomic E-state index is 0.00552. The maximum atomic E-state index is 10.2. The highest BCUT2D eigenvalue weighted by molar-refractivity contribution is 5.86. The fourth-order valence-electron chi connectivity index (χ4n) is 0.951. The normalized spacial score (nSPS) is 9.93. The first-order valence-electron chi connectivity index (χ1n) is 3.77. The number of phenolic OH excluding ortho intramolecular Hbond substituents is 1. The topological polar surface area (TPSA) is 81.3 Å². The SMILES string of the molecule is N#Cc1ccc(O)cc1/C=C\C(=O)O. The molecule has 1 aromatic carbocycles. The van der Waals surface area contributed by atoms with E-state index >= 15 is 0 Å². The van der Waals surface area contributed by atoms with Gasteiger partial charge in [0.25, 0.3) is 0 Å². The van der Waals surface area contributed by atoms with Crippen molar-refractivity contribution in [1.82, 2.24) is 0 Å². The third-order valence-corrected chi connectivity index (χ3v) is 1.56. The van der Waals surface area contributed by atoms with E-state index < -0.39 is 5.97 Å². The average molecular weight is 189 g/mol. The average Bonchev–Trinajstić information content (AvgIpc) is 2.15. The van der Waals surface area contributed by atoms with Gasteiger partial charge >= 0.3 is 5.97 Å². The lowest BCUT2D eigenvalue weighted by molar-refractivity contribution is -0.131. The Morgan fingerprint density at radius 3 is 2.79 bits per heavy atom. The highest BCUT2D eigenvalue weighted by Gasteiger charge is 2.00. The number of phenols is 1. The summed E-state index contributed by atoms with van der Waals surface area (Å²) in [7, 11) is 0. The summed E-state index contributed by atoms with van der Waals surface area (Å²) in [4.78, 5) is 10.2. The van der Waals surface area contributed by atoms with E-state index in [4.69, 9.17) is 15.5 Å². The van der Waals surface area contributed by atoms with Crippen LogP contribution in [0.1, 0.15) is 11.1 Å². The molecular formula is C10H7NO3. The van der Waals surface area contributed by atoms with E-state index in [0.29, 0.717) is 11.1 Å². The molecule has 0 heterocycles. The van der Waals surface area contributed by atoms with Gasteiger partial charge in [-0.2, -0.15) is 5.26 Å². The summed E-state index contributed by atoms with van der Waals surface area (Å²) in [6, 6.07) is 6.02. The Kier molecular flexibility index (Phi) is 2.87. The number of aromatic hydroxyl groups is 1. The predicted molar refractivity (Wildman–Crippen MR) is 49.5 cm³/mol. The van der Waals surface area contributed by atoms with Crippen LogP contribution in [0.3, 0.4) is 0 Å². The van der Waals surface area contributed by atoms with Crippen LogP contribution in [0, 0.1) is 11.3 Å². The van der Waals surface area contributed by atoms with Gasteiger partial charge in [0.2, 0.25) is 0 Å². The second-order valence-electron chi connectivity index (χ2n) is 2.55. The van der Waals surface area contributed by atoms with Gasteiger partial charge in [0.05, 0.1) is 11.6 Å². The van der Waals surface area contributed by atoms with Gasteiger partial charge in [-0.3, -0.25) is 0 Å². The molecule has 0 saturated heterocycles. The zero-order valence-corrected chi connectivity index (χ0v) is 7.14. The highest BCUT2D eigenvalue weighted by Crippen LogP contribution is 2.17. The van der Waals surface area contributed by atoms with E-state index in [1.54, 1.807) is 0 Å². The first-order valence-corrected chi connectivity index (χ1v) is 3.77. The van der Waals surface area contributed by atoms with E-state index in [1.807, 2.05) is 6.07 Å². The molecular weight excluding hydrogens is 182 g/mol. The summed E-state index contributed by atoms with van der Waals surface area (Å²) in [6.45, 7) is 0. The Labute approximate surface area is 80.3 Å². The Morgan fingerprint density at radius 2 is 2.21 bits per heavy atom. The fraction of sp³-hybridized carbons (Fsp3) is 0. The largest absolute Gasteiger partial charge is 0.508 e. The molecule has 0 aliphatic carbocycles. The monoisotopic (exact) mass is 189 g/mol. The second-order valence-corrected chi connectivity index (χ2v) is 2.55. The maximum Gasteiger partial charge on any atom is 0.328 e. The predicted octanol–water partition coefficient (Wildman–Crippen LogP) is 1.36. The molecule has 0 aromatic heterocycles. The van der Waals surface area contributed by atoms with Gasteiger partial charge in [-0.15, -0.1) is 0 Å². The smallest absolute Gasteiger partial charge is 0.328 e. The van der Waals surface area contributed by atoms with Gasteiger partial charge < -0.3 is 10.2 Å². The van der Waals surface area contributed by atoms with Crippen LogP contribution in [0.25, 0.3) is 6.08 Å². The molecule has 0 bridgehead atoms. The first kappa shape index (κ1) is 9.81. The standard InChI is InChI=1S/C10H7NO3/c11-6-8-1-3-9(12)5-7(8)2-4-10(13)14/h1-5,12H,(H,13,14)/b4-2-. The van der Waals surface area contributed by atoms with Crippen LogP contribution in [0.2, 0.25) is 0 Å². The fourth-order valence-corrected chi connectivity index (χ4v) is 0.951. The van der Waals surface area contributed by atoms with E-state index in [1.165, 1.54) is 24.3 Å². The minimum Gasteiger partial charge on any atom is -0.508 e. The van der Waals surface area contributed by atoms with Gasteiger partial charge in [0.15, 0.2) is 0 Å². The summed E-state index contributed by atoms with van der Waals surface area (Å²) >= 11 is 0. The van der Waals surface area contributed by atoms with Crippen molar-refractivity contribution in [3.05, 3.63) is 35.4 Å². The molecule has 0 aliphatic rings. The van der Waals surface area contributed by atoms with Crippen molar-refractivity contribution in [2.24, 2.45) is 0 Å². The van der Waals surface area contributed by atoms with E-state index in [9.17, 15) is 4.79 Å². The molecule has 4 nitrogen and oxygen atoms in total. The van der Waals surface area contributed by atoms with E-state index in [-0.39, 0.29) is 5.75 Å². The molecule has 70 valence electrons.